The molecule has 0 aliphatic heterocycles. The van der Waals surface area contributed by atoms with Crippen molar-refractivity contribution in [1.82, 2.24) is 24.4 Å². The van der Waals surface area contributed by atoms with E-state index < -0.39 is 0 Å². The Balaban J connectivity index is 1.45. The van der Waals surface area contributed by atoms with Gasteiger partial charge >= 0.3 is 0 Å². The van der Waals surface area contributed by atoms with Gasteiger partial charge in [-0.2, -0.15) is 0 Å². The van der Waals surface area contributed by atoms with Crippen LogP contribution in [0, 0.1) is 0 Å². The van der Waals surface area contributed by atoms with E-state index in [2.05, 4.69) is 15.0 Å². The van der Waals surface area contributed by atoms with Crippen molar-refractivity contribution in [2.75, 3.05) is 7.05 Å². The third-order valence-corrected chi connectivity index (χ3v) is 5.38. The van der Waals surface area contributed by atoms with Gasteiger partial charge < -0.3 is 9.88 Å². The van der Waals surface area contributed by atoms with Crippen LogP contribution in [0.5, 0.6) is 0 Å². The zero-order chi connectivity index (χ0) is 19.7. The molecule has 0 bridgehead atoms. The third kappa shape index (κ3) is 3.44. The molecule has 28 heavy (non-hydrogen) atoms. The Kier molecular flexibility index (Phi) is 4.74. The molecule has 0 radical (unpaired) electrons. The summed E-state index contributed by atoms with van der Waals surface area (Å²) in [6.45, 7) is 0.415. The average molecular weight is 395 g/mol. The van der Waals surface area contributed by atoms with Crippen LogP contribution < -0.4 is 11.1 Å². The number of H-pyrrole nitrogens is 1. The molecule has 0 saturated carbocycles. The van der Waals surface area contributed by atoms with Crippen molar-refractivity contribution < 1.29 is 4.79 Å². The van der Waals surface area contributed by atoms with Crippen LogP contribution in [0.3, 0.4) is 0 Å². The van der Waals surface area contributed by atoms with Crippen molar-refractivity contribution in [2.45, 2.75) is 19.5 Å². The number of fused-ring (bicyclic) bond motifs is 2. The Bertz CT molecular complexity index is 1290. The Morgan fingerprint density at radius 3 is 2.89 bits per heavy atom. The second-order valence-corrected chi connectivity index (χ2v) is 7.32. The van der Waals surface area contributed by atoms with Gasteiger partial charge in [-0.25, -0.2) is 9.97 Å². The van der Waals surface area contributed by atoms with Gasteiger partial charge in [0, 0.05) is 20.0 Å². The topological polar surface area (TPSA) is 101 Å². The maximum absolute atomic E-state index is 12.5. The van der Waals surface area contributed by atoms with Crippen molar-refractivity contribution in [2.24, 2.45) is 0 Å². The lowest BCUT2D eigenvalue weighted by molar-refractivity contribution is -0.130. The van der Waals surface area contributed by atoms with Gasteiger partial charge in [0.25, 0.3) is 11.1 Å². The molecule has 0 saturated heterocycles. The molecular weight excluding hydrogens is 378 g/mol. The van der Waals surface area contributed by atoms with E-state index in [4.69, 9.17) is 0 Å². The second kappa shape index (κ2) is 7.35. The second-order valence-electron chi connectivity index (χ2n) is 6.41. The Hall–Kier alpha value is -3.33. The van der Waals surface area contributed by atoms with E-state index in [0.29, 0.717) is 26.9 Å². The van der Waals surface area contributed by atoms with Crippen LogP contribution in [-0.4, -0.2) is 37.4 Å². The molecule has 0 atom stereocenters. The first-order chi connectivity index (χ1) is 13.5. The van der Waals surface area contributed by atoms with Gasteiger partial charge in [0.1, 0.15) is 10.5 Å². The summed E-state index contributed by atoms with van der Waals surface area (Å²) in [5.41, 5.74) is 0.879. The van der Waals surface area contributed by atoms with Crippen LogP contribution >= 0.6 is 11.3 Å². The van der Waals surface area contributed by atoms with Crippen molar-refractivity contribution in [1.29, 1.82) is 0 Å². The minimum atomic E-state index is -0.204. The molecular formula is C19H17N5O3S. The summed E-state index contributed by atoms with van der Waals surface area (Å²) in [6.07, 6.45) is 1.60. The fraction of sp³-hybridized carbons (Fsp3) is 0.211. The minimum absolute atomic E-state index is 0.140. The van der Waals surface area contributed by atoms with E-state index in [0.717, 1.165) is 0 Å². The monoisotopic (exact) mass is 395 g/mol. The van der Waals surface area contributed by atoms with Gasteiger partial charge in [0.05, 0.1) is 29.3 Å². The molecule has 4 rings (SSSR count). The number of aromatic amines is 1. The van der Waals surface area contributed by atoms with E-state index in [1.54, 1.807) is 36.7 Å². The van der Waals surface area contributed by atoms with Crippen molar-refractivity contribution in [3.8, 4) is 0 Å². The summed E-state index contributed by atoms with van der Waals surface area (Å²) < 4.78 is 2.01. The molecule has 1 amide bonds. The number of hydrogen-bond acceptors (Lipinski definition) is 6. The number of nitrogens with one attached hydrogen (secondary N) is 1. The third-order valence-electron chi connectivity index (χ3n) is 4.47. The lowest BCUT2D eigenvalue weighted by atomic mass is 10.2. The van der Waals surface area contributed by atoms with Crippen molar-refractivity contribution >= 4 is 38.4 Å². The number of nitrogens with zero attached hydrogens (tertiary/aromatic N) is 4. The van der Waals surface area contributed by atoms with E-state index in [9.17, 15) is 14.4 Å². The standard InChI is InChI=1S/C19H17N5O3S/c1-23(10-15-21-14-7-9-28-17(14)18(26)22-15)16(25)6-8-24-11-20-13-5-3-2-4-12(13)19(24)27/h2-5,7,9,11H,6,8,10H2,1H3,(H,21,22,26). The number of hydrogen-bond donors (Lipinski definition) is 1. The van der Waals surface area contributed by atoms with Crippen LogP contribution in [-0.2, 0) is 17.9 Å². The normalized spacial score (nSPS) is 11.2. The van der Waals surface area contributed by atoms with E-state index in [1.807, 2.05) is 6.07 Å². The molecule has 9 heteroatoms. The van der Waals surface area contributed by atoms with Crippen LogP contribution in [0.4, 0.5) is 0 Å². The van der Waals surface area contributed by atoms with Crippen LogP contribution in [0.2, 0.25) is 0 Å². The molecule has 0 spiro atoms. The number of benzene rings is 1. The summed E-state index contributed by atoms with van der Waals surface area (Å²) in [5, 5.41) is 2.33. The molecule has 0 fully saturated rings. The number of para-hydroxylation sites is 1. The minimum Gasteiger partial charge on any atom is -0.338 e. The largest absolute Gasteiger partial charge is 0.338 e. The molecule has 0 unspecified atom stereocenters. The van der Waals surface area contributed by atoms with Crippen LogP contribution in [0.25, 0.3) is 21.1 Å². The lowest BCUT2D eigenvalue weighted by Gasteiger charge is -2.17. The molecule has 3 aromatic heterocycles. The Labute approximate surface area is 163 Å². The quantitative estimate of drug-likeness (QED) is 0.555. The first-order valence-corrected chi connectivity index (χ1v) is 9.55. The van der Waals surface area contributed by atoms with E-state index >= 15 is 0 Å². The maximum atomic E-state index is 12.5. The lowest BCUT2D eigenvalue weighted by Crippen LogP contribution is -2.30. The fourth-order valence-electron chi connectivity index (χ4n) is 2.98. The highest BCUT2D eigenvalue weighted by Gasteiger charge is 2.13. The van der Waals surface area contributed by atoms with Gasteiger partial charge in [-0.15, -0.1) is 11.3 Å². The number of thiophene rings is 1. The molecule has 4 aromatic rings. The van der Waals surface area contributed by atoms with Crippen LogP contribution in [0.1, 0.15) is 12.2 Å². The molecule has 142 valence electrons. The molecule has 1 N–H and O–H groups in total. The van der Waals surface area contributed by atoms with Gasteiger partial charge in [0.15, 0.2) is 0 Å². The molecule has 1 aromatic carbocycles. The fourth-order valence-corrected chi connectivity index (χ4v) is 3.71. The summed E-state index contributed by atoms with van der Waals surface area (Å²) in [7, 11) is 1.64. The van der Waals surface area contributed by atoms with Crippen LogP contribution in [0.15, 0.2) is 51.6 Å². The highest BCUT2D eigenvalue weighted by molar-refractivity contribution is 7.17. The Morgan fingerprint density at radius 1 is 1.21 bits per heavy atom. The highest BCUT2D eigenvalue weighted by atomic mass is 32.1. The molecule has 3 heterocycles. The summed E-state index contributed by atoms with van der Waals surface area (Å²) >= 11 is 1.33. The predicted molar refractivity (Wildman–Crippen MR) is 107 cm³/mol. The van der Waals surface area contributed by atoms with Gasteiger partial charge in [-0.1, -0.05) is 12.1 Å². The number of aryl methyl sites for hydroxylation is 1. The van der Waals surface area contributed by atoms with Crippen molar-refractivity contribution in [3.63, 3.8) is 0 Å². The molecule has 0 aliphatic rings. The highest BCUT2D eigenvalue weighted by Crippen LogP contribution is 2.14. The number of amides is 1. The number of carbonyl (C=O) groups is 1. The number of aromatic nitrogens is 4. The number of carbonyl (C=O) groups excluding carboxylic acids is 1. The molecule has 0 aliphatic carbocycles. The zero-order valence-corrected chi connectivity index (χ0v) is 15.9. The average Bonchev–Trinajstić information content (AvgIpc) is 3.16. The first kappa shape index (κ1) is 18.1. The van der Waals surface area contributed by atoms with Gasteiger partial charge in [-0.3, -0.25) is 19.0 Å². The van der Waals surface area contributed by atoms with Crippen molar-refractivity contribution in [3.05, 3.63) is 68.6 Å². The smallest absolute Gasteiger partial charge is 0.268 e. The van der Waals surface area contributed by atoms with E-state index in [-0.39, 0.29) is 36.5 Å². The molecule has 8 nitrogen and oxygen atoms in total. The number of rotatable bonds is 5. The predicted octanol–water partition coefficient (Wildman–Crippen LogP) is 1.74. The van der Waals surface area contributed by atoms with Gasteiger partial charge in [-0.05, 0) is 23.6 Å². The van der Waals surface area contributed by atoms with Gasteiger partial charge in [0.2, 0.25) is 5.91 Å². The summed E-state index contributed by atoms with van der Waals surface area (Å²) in [6, 6.07) is 8.88. The Morgan fingerprint density at radius 2 is 2.04 bits per heavy atom. The summed E-state index contributed by atoms with van der Waals surface area (Å²) in [5.74, 6) is 0.268. The maximum Gasteiger partial charge on any atom is 0.268 e. The zero-order valence-electron chi connectivity index (χ0n) is 15.1. The SMILES string of the molecule is CN(Cc1nc2ccsc2c(=O)[nH]1)C(=O)CCn1cnc2ccccc2c1=O. The first-order valence-electron chi connectivity index (χ1n) is 8.67. The summed E-state index contributed by atoms with van der Waals surface area (Å²) in [4.78, 5) is 49.8. The van der Waals surface area contributed by atoms with E-state index in [1.165, 1.54) is 27.1 Å².